The quantitative estimate of drug-likeness (QED) is 0.509. The summed E-state index contributed by atoms with van der Waals surface area (Å²) in [5.41, 5.74) is 1.60. The topological polar surface area (TPSA) is 118 Å². The van der Waals surface area contributed by atoms with Crippen LogP contribution in [0.15, 0.2) is 47.6 Å². The van der Waals surface area contributed by atoms with Gasteiger partial charge in [-0.15, -0.1) is 0 Å². The standard InChI is InChI=1S/C24H27N3O5S/c28-21(25-12-13-26-22(29)20-14-17-2-1-11-27-23(17)33-20)15-3-7-18(8-4-15)32-19-9-5-16(6-10-19)24(30)31/h1-4,7-8,11,16,19-20H,5-6,9-10,12-14H2,(H,25,28)(H,26,29)(H,30,31)/t16-,19+,20?. The van der Waals surface area contributed by atoms with E-state index in [0.29, 0.717) is 56.5 Å². The molecular formula is C24H27N3O5S. The van der Waals surface area contributed by atoms with Crippen molar-refractivity contribution in [2.45, 2.75) is 48.5 Å². The summed E-state index contributed by atoms with van der Waals surface area (Å²) in [5.74, 6) is -0.604. The van der Waals surface area contributed by atoms with Crippen LogP contribution in [-0.4, -0.2) is 52.3 Å². The van der Waals surface area contributed by atoms with Crippen molar-refractivity contribution < 1.29 is 24.2 Å². The summed E-state index contributed by atoms with van der Waals surface area (Å²) >= 11 is 1.47. The first-order valence-electron chi connectivity index (χ1n) is 11.2. The Balaban J connectivity index is 1.15. The Labute approximate surface area is 196 Å². The Morgan fingerprint density at radius 3 is 2.45 bits per heavy atom. The number of hydrogen-bond donors (Lipinski definition) is 3. The molecule has 2 amide bonds. The number of thioether (sulfide) groups is 1. The molecule has 9 heteroatoms. The fourth-order valence-electron chi connectivity index (χ4n) is 4.09. The minimum absolute atomic E-state index is 0.00509. The van der Waals surface area contributed by atoms with E-state index in [1.165, 1.54) is 11.8 Å². The molecule has 1 aromatic carbocycles. The molecule has 2 heterocycles. The molecular weight excluding hydrogens is 442 g/mol. The lowest BCUT2D eigenvalue weighted by atomic mass is 9.87. The van der Waals surface area contributed by atoms with E-state index in [9.17, 15) is 14.4 Å². The van der Waals surface area contributed by atoms with E-state index in [4.69, 9.17) is 9.84 Å². The number of carboxylic acid groups (broad SMARTS) is 1. The lowest BCUT2D eigenvalue weighted by Crippen LogP contribution is -2.38. The number of nitrogens with zero attached hydrogens (tertiary/aromatic N) is 1. The highest BCUT2D eigenvalue weighted by molar-refractivity contribution is 8.00. The van der Waals surface area contributed by atoms with Crippen molar-refractivity contribution >= 4 is 29.5 Å². The Hall–Kier alpha value is -3.07. The molecule has 1 aromatic heterocycles. The van der Waals surface area contributed by atoms with Gasteiger partial charge in [0.15, 0.2) is 0 Å². The molecule has 0 spiro atoms. The second-order valence-corrected chi connectivity index (χ2v) is 9.47. The van der Waals surface area contributed by atoms with Gasteiger partial charge in [0.1, 0.15) is 5.75 Å². The molecule has 2 aliphatic rings. The summed E-state index contributed by atoms with van der Waals surface area (Å²) in [6.07, 6.45) is 5.08. The second kappa shape index (κ2) is 10.7. The van der Waals surface area contributed by atoms with Crippen LogP contribution in [0.1, 0.15) is 41.6 Å². The van der Waals surface area contributed by atoms with Crippen LogP contribution in [0.5, 0.6) is 5.75 Å². The van der Waals surface area contributed by atoms with Gasteiger partial charge in [0.05, 0.1) is 22.3 Å². The van der Waals surface area contributed by atoms with Crippen LogP contribution in [0.3, 0.4) is 0 Å². The molecule has 0 bridgehead atoms. The van der Waals surface area contributed by atoms with Crippen LogP contribution in [0.4, 0.5) is 0 Å². The number of benzene rings is 1. The highest BCUT2D eigenvalue weighted by Crippen LogP contribution is 2.35. The Kier molecular flexibility index (Phi) is 7.49. The third kappa shape index (κ3) is 6.04. The molecule has 3 N–H and O–H groups in total. The first kappa shape index (κ1) is 23.1. The highest BCUT2D eigenvalue weighted by atomic mass is 32.2. The van der Waals surface area contributed by atoms with Crippen molar-refractivity contribution in [3.8, 4) is 5.75 Å². The molecule has 1 aliphatic heterocycles. The minimum Gasteiger partial charge on any atom is -0.490 e. The number of carbonyl (C=O) groups excluding carboxylic acids is 2. The van der Waals surface area contributed by atoms with E-state index in [1.807, 2.05) is 12.1 Å². The normalized spacial score (nSPS) is 21.6. The number of amides is 2. The monoisotopic (exact) mass is 469 g/mol. The Morgan fingerprint density at radius 2 is 1.76 bits per heavy atom. The number of fused-ring (bicyclic) bond motifs is 1. The van der Waals surface area contributed by atoms with Gasteiger partial charge in [-0.2, -0.15) is 0 Å². The van der Waals surface area contributed by atoms with Gasteiger partial charge in [-0.25, -0.2) is 4.98 Å². The molecule has 1 saturated carbocycles. The van der Waals surface area contributed by atoms with Crippen molar-refractivity contribution in [1.29, 1.82) is 0 Å². The van der Waals surface area contributed by atoms with Gasteiger partial charge >= 0.3 is 5.97 Å². The Morgan fingerprint density at radius 1 is 1.03 bits per heavy atom. The molecule has 2 aromatic rings. The first-order valence-corrected chi connectivity index (χ1v) is 12.0. The smallest absolute Gasteiger partial charge is 0.306 e. The lowest BCUT2D eigenvalue weighted by molar-refractivity contribution is -0.143. The van der Waals surface area contributed by atoms with Crippen molar-refractivity contribution in [3.05, 3.63) is 53.7 Å². The zero-order chi connectivity index (χ0) is 23.2. The molecule has 1 unspecified atom stereocenters. The van der Waals surface area contributed by atoms with E-state index in [1.54, 1.807) is 30.5 Å². The Bertz CT molecular complexity index is 980. The number of rotatable bonds is 8. The van der Waals surface area contributed by atoms with Crippen LogP contribution >= 0.6 is 11.8 Å². The maximum absolute atomic E-state index is 12.4. The summed E-state index contributed by atoms with van der Waals surface area (Å²) in [6.45, 7) is 0.684. The summed E-state index contributed by atoms with van der Waals surface area (Å²) < 4.78 is 5.94. The number of aliphatic carboxylic acids is 1. The number of hydrogen-bond acceptors (Lipinski definition) is 6. The number of aromatic nitrogens is 1. The van der Waals surface area contributed by atoms with E-state index < -0.39 is 5.97 Å². The second-order valence-electron chi connectivity index (χ2n) is 8.28. The SMILES string of the molecule is O=C(NCCNC(=O)C1Cc2cccnc2S1)c1ccc(O[C@H]2CC[C@@H](C(=O)O)CC2)cc1. The average Bonchev–Trinajstić information content (AvgIpc) is 3.27. The molecule has 174 valence electrons. The van der Waals surface area contributed by atoms with Gasteiger partial charge in [-0.1, -0.05) is 17.8 Å². The summed E-state index contributed by atoms with van der Waals surface area (Å²) in [6, 6.07) is 10.8. The third-order valence-electron chi connectivity index (χ3n) is 5.95. The van der Waals surface area contributed by atoms with Gasteiger partial charge < -0.3 is 20.5 Å². The van der Waals surface area contributed by atoms with Gasteiger partial charge in [0, 0.05) is 24.8 Å². The zero-order valence-corrected chi connectivity index (χ0v) is 19.0. The molecule has 1 atom stereocenters. The van der Waals surface area contributed by atoms with Crippen LogP contribution in [0, 0.1) is 5.92 Å². The van der Waals surface area contributed by atoms with E-state index >= 15 is 0 Å². The van der Waals surface area contributed by atoms with Gasteiger partial charge in [0.25, 0.3) is 5.91 Å². The predicted molar refractivity (Wildman–Crippen MR) is 123 cm³/mol. The highest BCUT2D eigenvalue weighted by Gasteiger charge is 2.29. The summed E-state index contributed by atoms with van der Waals surface area (Å²) in [4.78, 5) is 40.1. The maximum atomic E-state index is 12.4. The van der Waals surface area contributed by atoms with Crippen molar-refractivity contribution in [3.63, 3.8) is 0 Å². The molecule has 4 rings (SSSR count). The van der Waals surface area contributed by atoms with E-state index in [2.05, 4.69) is 15.6 Å². The number of nitrogens with one attached hydrogen (secondary N) is 2. The molecule has 1 aliphatic carbocycles. The minimum atomic E-state index is -0.733. The maximum Gasteiger partial charge on any atom is 0.306 e. The average molecular weight is 470 g/mol. The fraction of sp³-hybridized carbons (Fsp3) is 0.417. The van der Waals surface area contributed by atoms with Crippen molar-refractivity contribution in [1.82, 2.24) is 15.6 Å². The van der Waals surface area contributed by atoms with Crippen LogP contribution in [-0.2, 0) is 16.0 Å². The first-order chi connectivity index (χ1) is 16.0. The molecule has 0 saturated heterocycles. The number of pyridine rings is 1. The molecule has 8 nitrogen and oxygen atoms in total. The van der Waals surface area contributed by atoms with E-state index in [-0.39, 0.29) is 29.1 Å². The number of carboxylic acids is 1. The summed E-state index contributed by atoms with van der Waals surface area (Å²) in [7, 11) is 0. The predicted octanol–water partition coefficient (Wildman–Crippen LogP) is 2.67. The van der Waals surface area contributed by atoms with Crippen LogP contribution in [0.2, 0.25) is 0 Å². The van der Waals surface area contributed by atoms with Crippen LogP contribution < -0.4 is 15.4 Å². The zero-order valence-electron chi connectivity index (χ0n) is 18.2. The van der Waals surface area contributed by atoms with Crippen molar-refractivity contribution in [2.75, 3.05) is 13.1 Å². The van der Waals surface area contributed by atoms with Gasteiger partial charge in [-0.05, 0) is 68.0 Å². The lowest BCUT2D eigenvalue weighted by Gasteiger charge is -2.26. The molecule has 33 heavy (non-hydrogen) atoms. The van der Waals surface area contributed by atoms with Crippen LogP contribution in [0.25, 0.3) is 0 Å². The number of carbonyl (C=O) groups is 3. The third-order valence-corrected chi connectivity index (χ3v) is 7.21. The summed E-state index contributed by atoms with van der Waals surface area (Å²) in [5, 5.41) is 15.5. The largest absolute Gasteiger partial charge is 0.490 e. The van der Waals surface area contributed by atoms with Gasteiger partial charge in [0.2, 0.25) is 5.91 Å². The molecule has 1 fully saturated rings. The number of ether oxygens (including phenoxy) is 1. The van der Waals surface area contributed by atoms with Gasteiger partial charge in [-0.3, -0.25) is 14.4 Å². The van der Waals surface area contributed by atoms with E-state index in [0.717, 1.165) is 10.6 Å². The molecule has 0 radical (unpaired) electrons. The fourth-order valence-corrected chi connectivity index (χ4v) is 5.24. The van der Waals surface area contributed by atoms with Crippen molar-refractivity contribution in [2.24, 2.45) is 5.92 Å².